The number of aliphatic imine (C=N–C) groups is 1. The number of nitrogens with zero attached hydrogens (tertiary/aromatic N) is 3. The van der Waals surface area contributed by atoms with Crippen molar-refractivity contribution in [2.75, 3.05) is 24.8 Å². The van der Waals surface area contributed by atoms with Crippen molar-refractivity contribution in [1.82, 2.24) is 0 Å². The van der Waals surface area contributed by atoms with Crippen molar-refractivity contribution < 1.29 is 14.4 Å². The van der Waals surface area contributed by atoms with Gasteiger partial charge in [-0.15, -0.1) is 0 Å². The van der Waals surface area contributed by atoms with Gasteiger partial charge in [0.25, 0.3) is 5.69 Å². The molecule has 2 atom stereocenters. The normalized spacial score (nSPS) is 22.5. The van der Waals surface area contributed by atoms with Crippen LogP contribution in [0.4, 0.5) is 11.4 Å². The monoisotopic (exact) mass is 493 g/mol. The number of non-ortho nitro benzene ring substituents is 1. The standard InChI is InChI=1S/C24H20BrN3O4/c25-24(18-9-5-2-6-10-18)15-31-16-27(24)22-12-11-19(28(29)30)13-20(22)23-26-21(14-32-23)17-7-3-1-4-8-17/h1-13,21H,14-16H2/t21-,24+/m0/s1. The van der Waals surface area contributed by atoms with Crippen LogP contribution in [0.25, 0.3) is 0 Å². The third kappa shape index (κ3) is 3.65. The molecule has 0 aromatic heterocycles. The van der Waals surface area contributed by atoms with Crippen LogP contribution in [0.5, 0.6) is 0 Å². The zero-order valence-electron chi connectivity index (χ0n) is 17.1. The summed E-state index contributed by atoms with van der Waals surface area (Å²) in [4.78, 5) is 17.9. The molecule has 0 unspecified atom stereocenters. The first-order valence-electron chi connectivity index (χ1n) is 10.2. The summed E-state index contributed by atoms with van der Waals surface area (Å²) in [5, 5.41) is 11.5. The Morgan fingerprint density at radius 3 is 2.50 bits per heavy atom. The van der Waals surface area contributed by atoms with Crippen molar-refractivity contribution in [2.24, 2.45) is 4.99 Å². The predicted molar refractivity (Wildman–Crippen MR) is 125 cm³/mol. The molecule has 7 nitrogen and oxygen atoms in total. The first-order valence-corrected chi connectivity index (χ1v) is 11.0. The molecule has 3 aromatic rings. The van der Waals surface area contributed by atoms with Crippen molar-refractivity contribution in [2.45, 2.75) is 10.5 Å². The second-order valence-electron chi connectivity index (χ2n) is 7.66. The number of benzene rings is 3. The Balaban J connectivity index is 1.59. The quantitative estimate of drug-likeness (QED) is 0.212. The Morgan fingerprint density at radius 2 is 1.78 bits per heavy atom. The molecule has 2 aliphatic heterocycles. The van der Waals surface area contributed by atoms with Gasteiger partial charge in [0.15, 0.2) is 0 Å². The highest BCUT2D eigenvalue weighted by atomic mass is 79.9. The number of anilines is 1. The van der Waals surface area contributed by atoms with Crippen molar-refractivity contribution in [3.05, 3.63) is 106 Å². The minimum Gasteiger partial charge on any atom is -0.475 e. The van der Waals surface area contributed by atoms with Gasteiger partial charge in [-0.25, -0.2) is 4.99 Å². The Bertz CT molecular complexity index is 1170. The minimum absolute atomic E-state index is 0.0155. The third-order valence-corrected chi connectivity index (χ3v) is 6.82. The SMILES string of the molecule is O=[N+]([O-])c1ccc(N2COC[C@]2(Br)c2ccccc2)c(C2=N[C@H](c3ccccc3)CO2)c1. The van der Waals surface area contributed by atoms with Gasteiger partial charge >= 0.3 is 0 Å². The Morgan fingerprint density at radius 1 is 1.06 bits per heavy atom. The molecule has 0 radical (unpaired) electrons. The number of rotatable bonds is 5. The fourth-order valence-electron chi connectivity index (χ4n) is 4.06. The van der Waals surface area contributed by atoms with E-state index in [2.05, 4.69) is 15.9 Å². The summed E-state index contributed by atoms with van der Waals surface area (Å²) in [5.41, 5.74) is 3.37. The maximum absolute atomic E-state index is 11.5. The second-order valence-corrected chi connectivity index (χ2v) is 8.97. The van der Waals surface area contributed by atoms with E-state index < -0.39 is 9.37 Å². The summed E-state index contributed by atoms with van der Waals surface area (Å²) >= 11 is 3.88. The molecule has 0 spiro atoms. The fraction of sp³-hybridized carbons (Fsp3) is 0.208. The van der Waals surface area contributed by atoms with Crippen LogP contribution in [0, 0.1) is 10.1 Å². The highest BCUT2D eigenvalue weighted by Gasteiger charge is 2.43. The van der Waals surface area contributed by atoms with E-state index in [1.54, 1.807) is 6.07 Å². The first-order chi connectivity index (χ1) is 15.6. The number of nitro benzene ring substituents is 1. The molecule has 0 N–H and O–H groups in total. The lowest BCUT2D eigenvalue weighted by Gasteiger charge is -2.34. The van der Waals surface area contributed by atoms with Gasteiger partial charge in [0, 0.05) is 12.1 Å². The average molecular weight is 494 g/mol. The van der Waals surface area contributed by atoms with E-state index in [1.165, 1.54) is 12.1 Å². The van der Waals surface area contributed by atoms with Crippen LogP contribution in [-0.2, 0) is 13.9 Å². The van der Waals surface area contributed by atoms with Crippen LogP contribution in [0.15, 0.2) is 83.9 Å². The van der Waals surface area contributed by atoms with Crippen molar-refractivity contribution in [3.8, 4) is 0 Å². The fourth-order valence-corrected chi connectivity index (χ4v) is 4.78. The Labute approximate surface area is 193 Å². The summed E-state index contributed by atoms with van der Waals surface area (Å²) in [6.45, 7) is 1.13. The molecular formula is C24H20BrN3O4. The molecule has 1 fully saturated rings. The molecule has 2 aliphatic rings. The highest BCUT2D eigenvalue weighted by molar-refractivity contribution is 9.09. The summed E-state index contributed by atoms with van der Waals surface area (Å²) in [7, 11) is 0. The van der Waals surface area contributed by atoms with Gasteiger partial charge in [-0.2, -0.15) is 0 Å². The lowest BCUT2D eigenvalue weighted by molar-refractivity contribution is -0.384. The zero-order chi connectivity index (χ0) is 22.1. The highest BCUT2D eigenvalue weighted by Crippen LogP contribution is 2.44. The molecule has 2 heterocycles. The first kappa shape index (κ1) is 20.7. The van der Waals surface area contributed by atoms with Crippen LogP contribution in [0.3, 0.4) is 0 Å². The molecule has 0 saturated carbocycles. The molecule has 0 bridgehead atoms. The number of halogens is 1. The summed E-state index contributed by atoms with van der Waals surface area (Å²) in [6.07, 6.45) is 0. The maximum Gasteiger partial charge on any atom is 0.270 e. The topological polar surface area (TPSA) is 77.2 Å². The molecule has 0 aliphatic carbocycles. The van der Waals surface area contributed by atoms with E-state index in [9.17, 15) is 10.1 Å². The molecule has 5 rings (SSSR count). The van der Waals surface area contributed by atoms with Gasteiger partial charge in [-0.05, 0) is 17.2 Å². The molecular weight excluding hydrogens is 474 g/mol. The second kappa shape index (κ2) is 8.37. The molecule has 3 aromatic carbocycles. The molecule has 1 saturated heterocycles. The molecule has 8 heteroatoms. The number of alkyl halides is 1. The summed E-state index contributed by atoms with van der Waals surface area (Å²) < 4.78 is 11.2. The molecule has 162 valence electrons. The van der Waals surface area contributed by atoms with Gasteiger partial charge < -0.3 is 14.4 Å². The van der Waals surface area contributed by atoms with Crippen LogP contribution in [0.1, 0.15) is 22.7 Å². The average Bonchev–Trinajstić information content (AvgIpc) is 3.48. The minimum atomic E-state index is -0.614. The van der Waals surface area contributed by atoms with E-state index in [1.807, 2.05) is 65.6 Å². The van der Waals surface area contributed by atoms with Gasteiger partial charge in [0.05, 0.1) is 22.8 Å². The van der Waals surface area contributed by atoms with Crippen molar-refractivity contribution in [1.29, 1.82) is 0 Å². The van der Waals surface area contributed by atoms with E-state index in [0.717, 1.165) is 16.8 Å². The van der Waals surface area contributed by atoms with Crippen LogP contribution < -0.4 is 4.90 Å². The van der Waals surface area contributed by atoms with Crippen LogP contribution in [-0.4, -0.2) is 30.8 Å². The number of ether oxygens (including phenoxy) is 2. The van der Waals surface area contributed by atoms with Gasteiger partial charge in [0.2, 0.25) is 5.90 Å². The van der Waals surface area contributed by atoms with Crippen LogP contribution in [0.2, 0.25) is 0 Å². The lowest BCUT2D eigenvalue weighted by atomic mass is 10.0. The van der Waals surface area contributed by atoms with E-state index in [0.29, 0.717) is 31.4 Å². The van der Waals surface area contributed by atoms with Gasteiger partial charge in [-0.3, -0.25) is 10.1 Å². The van der Waals surface area contributed by atoms with Crippen molar-refractivity contribution in [3.63, 3.8) is 0 Å². The third-order valence-electron chi connectivity index (χ3n) is 5.71. The van der Waals surface area contributed by atoms with Gasteiger partial charge in [-0.1, -0.05) is 76.6 Å². The van der Waals surface area contributed by atoms with E-state index in [4.69, 9.17) is 14.5 Å². The van der Waals surface area contributed by atoms with Crippen molar-refractivity contribution >= 4 is 33.2 Å². The summed E-state index contributed by atoms with van der Waals surface area (Å²) in [5.74, 6) is 0.396. The number of hydrogen-bond acceptors (Lipinski definition) is 6. The molecule has 0 amide bonds. The largest absolute Gasteiger partial charge is 0.475 e. The van der Waals surface area contributed by atoms with E-state index in [-0.39, 0.29) is 11.7 Å². The maximum atomic E-state index is 11.5. The predicted octanol–water partition coefficient (Wildman–Crippen LogP) is 5.15. The number of nitro groups is 1. The molecule has 32 heavy (non-hydrogen) atoms. The lowest BCUT2D eigenvalue weighted by Crippen LogP contribution is -2.38. The van der Waals surface area contributed by atoms with Crippen LogP contribution >= 0.6 is 15.9 Å². The smallest absolute Gasteiger partial charge is 0.270 e. The zero-order valence-corrected chi connectivity index (χ0v) is 18.6. The summed E-state index contributed by atoms with van der Waals surface area (Å²) in [6, 6.07) is 24.4. The van der Waals surface area contributed by atoms with Gasteiger partial charge in [0.1, 0.15) is 23.8 Å². The van der Waals surface area contributed by atoms with E-state index >= 15 is 0 Å². The number of hydrogen-bond donors (Lipinski definition) is 0. The Hall–Kier alpha value is -3.23. The Kier molecular flexibility index (Phi) is 5.40.